The van der Waals surface area contributed by atoms with Gasteiger partial charge in [0.15, 0.2) is 0 Å². The summed E-state index contributed by atoms with van der Waals surface area (Å²) in [6.07, 6.45) is 5.46. The molecule has 3 nitrogen and oxygen atoms in total. The minimum Gasteiger partial charge on any atom is -0.421 e. The first-order valence-electron chi connectivity index (χ1n) is 6.74. The van der Waals surface area contributed by atoms with Gasteiger partial charge in [0.1, 0.15) is 0 Å². The van der Waals surface area contributed by atoms with E-state index in [2.05, 4.69) is 42.3 Å². The van der Waals surface area contributed by atoms with Gasteiger partial charge in [-0.2, -0.15) is 0 Å². The van der Waals surface area contributed by atoms with Crippen LogP contribution in [0.5, 0.6) is 0 Å². The molecule has 1 aromatic heterocycles. The van der Waals surface area contributed by atoms with Crippen LogP contribution in [-0.4, -0.2) is 10.2 Å². The molecule has 2 rings (SSSR count). The van der Waals surface area contributed by atoms with Crippen molar-refractivity contribution < 1.29 is 4.42 Å². The van der Waals surface area contributed by atoms with Crippen LogP contribution < -0.4 is 0 Å². The molecule has 2 aromatic rings. The summed E-state index contributed by atoms with van der Waals surface area (Å²) in [4.78, 5) is 0. The Morgan fingerprint density at radius 3 is 2.74 bits per heavy atom. The summed E-state index contributed by atoms with van der Waals surface area (Å²) >= 11 is 0. The first-order chi connectivity index (χ1) is 9.20. The van der Waals surface area contributed by atoms with E-state index in [9.17, 15) is 0 Å². The quantitative estimate of drug-likeness (QED) is 0.747. The summed E-state index contributed by atoms with van der Waals surface area (Å²) in [5, 5.41) is 8.00. The van der Waals surface area contributed by atoms with Crippen molar-refractivity contribution in [2.45, 2.75) is 40.0 Å². The summed E-state index contributed by atoms with van der Waals surface area (Å²) in [6.45, 7) is 6.17. The fourth-order valence-corrected chi connectivity index (χ4v) is 1.97. The molecule has 0 aliphatic heterocycles. The predicted octanol–water partition coefficient (Wildman–Crippen LogP) is 4.33. The van der Waals surface area contributed by atoms with Gasteiger partial charge in [-0.1, -0.05) is 36.8 Å². The van der Waals surface area contributed by atoms with Crippen LogP contribution in [0.25, 0.3) is 11.5 Å². The Labute approximate surface area is 114 Å². The van der Waals surface area contributed by atoms with E-state index < -0.39 is 0 Å². The molecule has 0 unspecified atom stereocenters. The molecule has 1 heterocycles. The highest BCUT2D eigenvalue weighted by atomic mass is 16.4. The van der Waals surface area contributed by atoms with Crippen molar-refractivity contribution >= 4 is 0 Å². The highest BCUT2D eigenvalue weighted by Gasteiger charge is 2.09. The number of hydrogen-bond acceptors (Lipinski definition) is 3. The van der Waals surface area contributed by atoms with E-state index in [1.807, 2.05) is 19.1 Å². The number of allylic oxidation sites excluding steroid dienone is 2. The van der Waals surface area contributed by atoms with Crippen LogP contribution in [0.4, 0.5) is 0 Å². The summed E-state index contributed by atoms with van der Waals surface area (Å²) < 4.78 is 5.52. The third-order valence-corrected chi connectivity index (χ3v) is 3.24. The third kappa shape index (κ3) is 3.53. The summed E-state index contributed by atoms with van der Waals surface area (Å²) in [7, 11) is 0. The molecule has 0 saturated carbocycles. The zero-order valence-corrected chi connectivity index (χ0v) is 11.8. The topological polar surface area (TPSA) is 38.9 Å². The number of rotatable bonds is 5. The first-order valence-corrected chi connectivity index (χ1v) is 6.74. The largest absolute Gasteiger partial charge is 0.421 e. The second-order valence-corrected chi connectivity index (χ2v) is 4.73. The molecule has 3 heteroatoms. The summed E-state index contributed by atoms with van der Waals surface area (Å²) in [6, 6.07) is 8.23. The molecule has 0 bridgehead atoms. The van der Waals surface area contributed by atoms with Gasteiger partial charge in [0.05, 0.1) is 0 Å². The second kappa shape index (κ2) is 6.32. The molecular weight excluding hydrogens is 236 g/mol. The van der Waals surface area contributed by atoms with Gasteiger partial charge in [-0.05, 0) is 37.8 Å². The Morgan fingerprint density at radius 2 is 2.05 bits per heavy atom. The molecule has 19 heavy (non-hydrogen) atoms. The van der Waals surface area contributed by atoms with Gasteiger partial charge in [-0.15, -0.1) is 10.2 Å². The molecule has 0 N–H and O–H groups in total. The highest BCUT2D eigenvalue weighted by molar-refractivity contribution is 5.58. The molecule has 0 saturated heterocycles. The van der Waals surface area contributed by atoms with Crippen molar-refractivity contribution in [2.75, 3.05) is 0 Å². The number of aromatic nitrogens is 2. The summed E-state index contributed by atoms with van der Waals surface area (Å²) in [5.74, 6) is 1.22. The Kier molecular flexibility index (Phi) is 4.50. The molecule has 0 spiro atoms. The lowest BCUT2D eigenvalue weighted by molar-refractivity contribution is 0.532. The maximum Gasteiger partial charge on any atom is 0.247 e. The minimum atomic E-state index is 0.603. The summed E-state index contributed by atoms with van der Waals surface area (Å²) in [5.41, 5.74) is 3.74. The molecular formula is C16H20N2O. The van der Waals surface area contributed by atoms with E-state index in [0.29, 0.717) is 11.8 Å². The van der Waals surface area contributed by atoms with Crippen molar-refractivity contribution in [2.24, 2.45) is 0 Å². The Hall–Kier alpha value is -1.90. The molecule has 0 fully saturated rings. The number of nitrogens with zero attached hydrogens (tertiary/aromatic N) is 2. The zero-order valence-electron chi connectivity index (χ0n) is 11.8. The SMILES string of the molecule is CCC(C)=CCCc1ccccc1-c1nnc(C)o1. The number of aryl methyl sites for hydroxylation is 2. The average molecular weight is 256 g/mol. The molecule has 100 valence electrons. The van der Waals surface area contributed by atoms with Gasteiger partial charge in [-0.25, -0.2) is 0 Å². The Balaban J connectivity index is 2.17. The smallest absolute Gasteiger partial charge is 0.247 e. The van der Waals surface area contributed by atoms with Gasteiger partial charge in [-0.3, -0.25) is 0 Å². The second-order valence-electron chi connectivity index (χ2n) is 4.73. The van der Waals surface area contributed by atoms with Gasteiger partial charge >= 0.3 is 0 Å². The van der Waals surface area contributed by atoms with E-state index >= 15 is 0 Å². The lowest BCUT2D eigenvalue weighted by Crippen LogP contribution is -1.90. The van der Waals surface area contributed by atoms with Crippen LogP contribution in [0.3, 0.4) is 0 Å². The van der Waals surface area contributed by atoms with E-state index in [0.717, 1.165) is 24.8 Å². The van der Waals surface area contributed by atoms with E-state index in [-0.39, 0.29) is 0 Å². The van der Waals surface area contributed by atoms with Crippen LogP contribution in [-0.2, 0) is 6.42 Å². The van der Waals surface area contributed by atoms with Crippen LogP contribution in [0.2, 0.25) is 0 Å². The van der Waals surface area contributed by atoms with E-state index in [1.54, 1.807) is 0 Å². The van der Waals surface area contributed by atoms with Gasteiger partial charge in [0.2, 0.25) is 11.8 Å². The molecule has 0 atom stereocenters. The molecule has 0 aliphatic carbocycles. The highest BCUT2D eigenvalue weighted by Crippen LogP contribution is 2.23. The molecule has 1 aromatic carbocycles. The maximum absolute atomic E-state index is 5.52. The average Bonchev–Trinajstić information content (AvgIpc) is 2.85. The molecule has 0 amide bonds. The van der Waals surface area contributed by atoms with Crippen molar-refractivity contribution in [1.29, 1.82) is 0 Å². The van der Waals surface area contributed by atoms with Crippen molar-refractivity contribution in [3.05, 3.63) is 47.4 Å². The zero-order chi connectivity index (χ0) is 13.7. The van der Waals surface area contributed by atoms with Crippen molar-refractivity contribution in [1.82, 2.24) is 10.2 Å². The minimum absolute atomic E-state index is 0.603. The Morgan fingerprint density at radius 1 is 1.26 bits per heavy atom. The van der Waals surface area contributed by atoms with E-state index in [1.165, 1.54) is 11.1 Å². The standard InChI is InChI=1S/C16H20N2O/c1-4-12(2)8-7-10-14-9-5-6-11-15(14)16-18-17-13(3)19-16/h5-6,8-9,11H,4,7,10H2,1-3H3. The lowest BCUT2D eigenvalue weighted by Gasteiger charge is -2.05. The van der Waals surface area contributed by atoms with Crippen molar-refractivity contribution in [3.63, 3.8) is 0 Å². The van der Waals surface area contributed by atoms with Crippen LogP contribution >= 0.6 is 0 Å². The van der Waals surface area contributed by atoms with Gasteiger partial charge < -0.3 is 4.42 Å². The van der Waals surface area contributed by atoms with Crippen LogP contribution in [0.15, 0.2) is 40.3 Å². The van der Waals surface area contributed by atoms with Crippen LogP contribution in [0, 0.1) is 6.92 Å². The van der Waals surface area contributed by atoms with Crippen molar-refractivity contribution in [3.8, 4) is 11.5 Å². The third-order valence-electron chi connectivity index (χ3n) is 3.24. The predicted molar refractivity (Wildman–Crippen MR) is 76.8 cm³/mol. The number of benzene rings is 1. The molecule has 0 radical (unpaired) electrons. The monoisotopic (exact) mass is 256 g/mol. The van der Waals surface area contributed by atoms with Gasteiger partial charge in [0, 0.05) is 12.5 Å². The number of hydrogen-bond donors (Lipinski definition) is 0. The Bertz CT molecular complexity index is 570. The first kappa shape index (κ1) is 13.5. The normalized spacial score (nSPS) is 11.8. The molecule has 0 aliphatic rings. The van der Waals surface area contributed by atoms with E-state index in [4.69, 9.17) is 4.42 Å². The van der Waals surface area contributed by atoms with Crippen LogP contribution in [0.1, 0.15) is 38.1 Å². The fraction of sp³-hybridized carbons (Fsp3) is 0.375. The maximum atomic E-state index is 5.52. The fourth-order valence-electron chi connectivity index (χ4n) is 1.97. The van der Waals surface area contributed by atoms with Gasteiger partial charge in [0.25, 0.3) is 0 Å². The lowest BCUT2D eigenvalue weighted by atomic mass is 10.0.